The van der Waals surface area contributed by atoms with Gasteiger partial charge in [-0.05, 0) is 59.7 Å². The van der Waals surface area contributed by atoms with Gasteiger partial charge in [-0.15, -0.1) is 10.2 Å². The molecule has 8 nitrogen and oxygen atoms in total. The molecule has 1 aliphatic rings. The van der Waals surface area contributed by atoms with E-state index < -0.39 is 5.97 Å². The number of halogens is 2. The van der Waals surface area contributed by atoms with Gasteiger partial charge < -0.3 is 10.1 Å². The van der Waals surface area contributed by atoms with Crippen LogP contribution in [0.25, 0.3) is 5.57 Å². The van der Waals surface area contributed by atoms with Crippen LogP contribution in [0.5, 0.6) is 0 Å². The van der Waals surface area contributed by atoms with Gasteiger partial charge in [-0.1, -0.05) is 54.3 Å². The summed E-state index contributed by atoms with van der Waals surface area (Å²) in [6.45, 7) is -0.328. The SMILES string of the molecule is O=C(O)Cn1nnc(CCc2ccc(/C(=C\C3CCCC3)c3ccc(Cl)c(=O)[nH]3)cc2Cl)n1. The third-order valence-corrected chi connectivity index (χ3v) is 6.36. The predicted octanol–water partition coefficient (Wildman–Crippen LogP) is 4.16. The predicted molar refractivity (Wildman–Crippen MR) is 125 cm³/mol. The van der Waals surface area contributed by atoms with Crippen LogP contribution in [0.1, 0.15) is 48.3 Å². The van der Waals surface area contributed by atoms with Crippen LogP contribution in [0.3, 0.4) is 0 Å². The Labute approximate surface area is 200 Å². The zero-order chi connectivity index (χ0) is 23.4. The van der Waals surface area contributed by atoms with Crippen molar-refractivity contribution in [3.63, 3.8) is 0 Å². The fourth-order valence-electron chi connectivity index (χ4n) is 4.04. The molecular formula is C23H23Cl2N5O3. The Bertz CT molecular complexity index is 1240. The summed E-state index contributed by atoms with van der Waals surface area (Å²) in [7, 11) is 0. The van der Waals surface area contributed by atoms with Crippen LogP contribution in [-0.4, -0.2) is 36.3 Å². The number of tetrazole rings is 1. The van der Waals surface area contributed by atoms with E-state index in [0.29, 0.717) is 35.3 Å². The molecule has 172 valence electrons. The second-order valence-electron chi connectivity index (χ2n) is 8.11. The Balaban J connectivity index is 1.56. The highest BCUT2D eigenvalue weighted by Gasteiger charge is 2.17. The van der Waals surface area contributed by atoms with Crippen LogP contribution in [0, 0.1) is 5.92 Å². The van der Waals surface area contributed by atoms with Crippen LogP contribution in [-0.2, 0) is 24.2 Å². The summed E-state index contributed by atoms with van der Waals surface area (Å²) in [4.78, 5) is 26.8. The Morgan fingerprint density at radius 2 is 1.94 bits per heavy atom. The minimum Gasteiger partial charge on any atom is -0.480 e. The molecule has 1 saturated carbocycles. The maximum Gasteiger partial charge on any atom is 0.327 e. The number of pyridine rings is 1. The minimum absolute atomic E-state index is 0.154. The van der Waals surface area contributed by atoms with Crippen LogP contribution < -0.4 is 5.56 Å². The second kappa shape index (κ2) is 10.3. The van der Waals surface area contributed by atoms with Crippen molar-refractivity contribution in [2.45, 2.75) is 45.1 Å². The summed E-state index contributed by atoms with van der Waals surface area (Å²) in [6, 6.07) is 9.27. The molecule has 0 saturated heterocycles. The standard InChI is InChI=1S/C23H23Cl2N5O3/c24-18-8-9-20(26-23(18)33)17(11-14-3-1-2-4-14)16-6-5-15(19(25)12-16)7-10-21-27-29-30(28-21)13-22(31)32/h5-6,8-9,11-12,14H,1-4,7,10,13H2,(H,26,33)(H,31,32)/b17-11+. The quantitative estimate of drug-likeness (QED) is 0.492. The molecule has 1 fully saturated rings. The molecule has 0 unspecified atom stereocenters. The lowest BCUT2D eigenvalue weighted by Crippen LogP contribution is -2.11. The van der Waals surface area contributed by atoms with E-state index >= 15 is 0 Å². The van der Waals surface area contributed by atoms with Crippen LogP contribution in [0.15, 0.2) is 41.2 Å². The van der Waals surface area contributed by atoms with Crippen molar-refractivity contribution in [3.05, 3.63) is 79.5 Å². The second-order valence-corrected chi connectivity index (χ2v) is 8.92. The first-order valence-electron chi connectivity index (χ1n) is 10.8. The number of aromatic nitrogens is 5. The van der Waals surface area contributed by atoms with Crippen molar-refractivity contribution in [3.8, 4) is 0 Å². The largest absolute Gasteiger partial charge is 0.480 e. The van der Waals surface area contributed by atoms with Crippen molar-refractivity contribution in [2.24, 2.45) is 5.92 Å². The first-order valence-corrected chi connectivity index (χ1v) is 11.5. The van der Waals surface area contributed by atoms with Gasteiger partial charge in [-0.2, -0.15) is 4.80 Å². The van der Waals surface area contributed by atoms with E-state index in [1.54, 1.807) is 6.07 Å². The van der Waals surface area contributed by atoms with Gasteiger partial charge in [-0.3, -0.25) is 9.59 Å². The Morgan fingerprint density at radius 1 is 1.15 bits per heavy atom. The lowest BCUT2D eigenvalue weighted by Gasteiger charge is -2.13. The monoisotopic (exact) mass is 487 g/mol. The maximum absolute atomic E-state index is 12.1. The summed E-state index contributed by atoms with van der Waals surface area (Å²) in [5.74, 6) is -0.116. The molecule has 3 aromatic rings. The number of H-pyrrole nitrogens is 1. The van der Waals surface area contributed by atoms with E-state index in [1.807, 2.05) is 24.3 Å². The van der Waals surface area contributed by atoms with E-state index in [4.69, 9.17) is 28.3 Å². The number of rotatable bonds is 8. The summed E-state index contributed by atoms with van der Waals surface area (Å²) < 4.78 is 0. The zero-order valence-electron chi connectivity index (χ0n) is 17.8. The number of carboxylic acid groups (broad SMARTS) is 1. The highest BCUT2D eigenvalue weighted by molar-refractivity contribution is 6.31. The summed E-state index contributed by atoms with van der Waals surface area (Å²) in [5.41, 5.74) is 3.15. The molecule has 0 radical (unpaired) electrons. The number of benzene rings is 1. The maximum atomic E-state index is 12.1. The summed E-state index contributed by atoms with van der Waals surface area (Å²) in [6.07, 6.45) is 7.95. The number of aromatic amines is 1. The Kier molecular flexibility index (Phi) is 7.25. The Hall–Kier alpha value is -2.97. The summed E-state index contributed by atoms with van der Waals surface area (Å²) >= 11 is 12.5. The molecule has 2 aromatic heterocycles. The molecule has 0 aliphatic heterocycles. The number of carboxylic acids is 1. The average molecular weight is 488 g/mol. The number of nitrogens with zero attached hydrogens (tertiary/aromatic N) is 4. The molecule has 1 aromatic carbocycles. The van der Waals surface area contributed by atoms with Gasteiger partial charge in [0.25, 0.3) is 5.56 Å². The molecule has 33 heavy (non-hydrogen) atoms. The van der Waals surface area contributed by atoms with E-state index in [0.717, 1.165) is 34.3 Å². The molecule has 4 rings (SSSR count). The summed E-state index contributed by atoms with van der Waals surface area (Å²) in [5, 5.41) is 21.3. The highest BCUT2D eigenvalue weighted by atomic mass is 35.5. The Morgan fingerprint density at radius 3 is 2.64 bits per heavy atom. The van der Waals surface area contributed by atoms with Gasteiger partial charge in [0.2, 0.25) is 0 Å². The smallest absolute Gasteiger partial charge is 0.327 e. The molecule has 10 heteroatoms. The van der Waals surface area contributed by atoms with E-state index in [9.17, 15) is 9.59 Å². The van der Waals surface area contributed by atoms with Gasteiger partial charge in [0.15, 0.2) is 12.4 Å². The number of hydrogen-bond acceptors (Lipinski definition) is 5. The average Bonchev–Trinajstić information content (AvgIpc) is 3.45. The van der Waals surface area contributed by atoms with Crippen molar-refractivity contribution in [1.29, 1.82) is 0 Å². The molecule has 0 atom stereocenters. The lowest BCUT2D eigenvalue weighted by atomic mass is 9.94. The molecule has 2 heterocycles. The first kappa shape index (κ1) is 23.2. The molecule has 0 bridgehead atoms. The topological polar surface area (TPSA) is 114 Å². The highest BCUT2D eigenvalue weighted by Crippen LogP contribution is 2.33. The van der Waals surface area contributed by atoms with Gasteiger partial charge in [0.05, 0.1) is 0 Å². The third-order valence-electron chi connectivity index (χ3n) is 5.71. The van der Waals surface area contributed by atoms with Gasteiger partial charge in [-0.25, -0.2) is 0 Å². The van der Waals surface area contributed by atoms with Gasteiger partial charge in [0.1, 0.15) is 5.02 Å². The first-order chi connectivity index (χ1) is 15.9. The molecule has 1 aliphatic carbocycles. The van der Waals surface area contributed by atoms with Gasteiger partial charge >= 0.3 is 5.97 Å². The molecular weight excluding hydrogens is 465 g/mol. The number of nitrogens with one attached hydrogen (secondary N) is 1. The van der Waals surface area contributed by atoms with Crippen LogP contribution in [0.4, 0.5) is 0 Å². The van der Waals surface area contributed by atoms with Gasteiger partial charge in [0, 0.05) is 22.7 Å². The minimum atomic E-state index is -1.03. The molecule has 2 N–H and O–H groups in total. The van der Waals surface area contributed by atoms with Crippen molar-refractivity contribution < 1.29 is 9.90 Å². The van der Waals surface area contributed by atoms with E-state index in [1.165, 1.54) is 12.8 Å². The third kappa shape index (κ3) is 5.89. The zero-order valence-corrected chi connectivity index (χ0v) is 19.3. The van der Waals surface area contributed by atoms with Crippen molar-refractivity contribution in [1.82, 2.24) is 25.2 Å². The fourth-order valence-corrected chi connectivity index (χ4v) is 4.43. The van der Waals surface area contributed by atoms with Crippen LogP contribution in [0.2, 0.25) is 10.0 Å². The van der Waals surface area contributed by atoms with Crippen molar-refractivity contribution >= 4 is 34.7 Å². The number of hydrogen-bond donors (Lipinski definition) is 2. The van der Waals surface area contributed by atoms with Crippen molar-refractivity contribution in [2.75, 3.05) is 0 Å². The number of carbonyl (C=O) groups is 1. The van der Waals surface area contributed by atoms with E-state index in [-0.39, 0.29) is 17.1 Å². The number of aliphatic carboxylic acids is 1. The number of allylic oxidation sites excluding steroid dienone is 1. The van der Waals surface area contributed by atoms with E-state index in [2.05, 4.69) is 26.5 Å². The lowest BCUT2D eigenvalue weighted by molar-refractivity contribution is -0.138. The fraction of sp³-hybridized carbons (Fsp3) is 0.348. The number of aryl methyl sites for hydroxylation is 2. The van der Waals surface area contributed by atoms with Crippen LogP contribution >= 0.6 is 23.2 Å². The normalized spacial score (nSPS) is 14.7. The molecule has 0 amide bonds. The molecule has 0 spiro atoms.